The Hall–Kier alpha value is -2.86. The smallest absolute Gasteiger partial charge is 0.00216 e. The highest BCUT2D eigenvalue weighted by Crippen LogP contribution is 2.43. The van der Waals surface area contributed by atoms with E-state index in [0.717, 1.165) is 0 Å². The van der Waals surface area contributed by atoms with E-state index in [2.05, 4.69) is 86.3 Å². The Balaban J connectivity index is 1.93. The minimum absolute atomic E-state index is 0.402. The van der Waals surface area contributed by atoms with Crippen molar-refractivity contribution in [3.05, 3.63) is 84.9 Å². The topological polar surface area (TPSA) is 0 Å². The Kier molecular flexibility index (Phi) is 4.28. The van der Waals surface area contributed by atoms with E-state index in [0.29, 0.717) is 5.92 Å². The molecule has 138 valence electrons. The van der Waals surface area contributed by atoms with E-state index in [1.165, 1.54) is 74.3 Å². The van der Waals surface area contributed by atoms with Crippen molar-refractivity contribution in [2.24, 2.45) is 0 Å². The predicted molar refractivity (Wildman–Crippen MR) is 125 cm³/mol. The van der Waals surface area contributed by atoms with E-state index in [1.54, 1.807) is 0 Å². The maximum absolute atomic E-state index is 4.21. The lowest BCUT2D eigenvalue weighted by molar-refractivity contribution is 0.631. The molecule has 0 spiro atoms. The number of unbranched alkanes of at least 4 members (excludes halogenated alkanes) is 2. The van der Waals surface area contributed by atoms with E-state index in [4.69, 9.17) is 0 Å². The lowest BCUT2D eigenvalue weighted by atomic mass is 9.83. The number of hydrogen-bond donors (Lipinski definition) is 0. The van der Waals surface area contributed by atoms with Gasteiger partial charge in [-0.2, -0.15) is 0 Å². The minimum Gasteiger partial charge on any atom is -0.102 e. The Bertz CT molecular complexity index is 1290. The van der Waals surface area contributed by atoms with Crippen LogP contribution in [0.25, 0.3) is 43.1 Å². The van der Waals surface area contributed by atoms with Crippen LogP contribution in [-0.2, 0) is 0 Å². The van der Waals surface area contributed by atoms with Crippen LogP contribution in [0, 0.1) is 0 Å². The molecule has 1 unspecified atom stereocenters. The van der Waals surface area contributed by atoms with Crippen molar-refractivity contribution in [1.82, 2.24) is 0 Å². The summed E-state index contributed by atoms with van der Waals surface area (Å²) in [4.78, 5) is 0. The van der Waals surface area contributed by atoms with E-state index in [9.17, 15) is 0 Å². The zero-order valence-electron chi connectivity index (χ0n) is 16.5. The highest BCUT2D eigenvalue weighted by Gasteiger charge is 2.18. The summed E-state index contributed by atoms with van der Waals surface area (Å²) in [5, 5.41) is 11.0. The monoisotopic (exact) mass is 362 g/mol. The van der Waals surface area contributed by atoms with Gasteiger partial charge in [0.05, 0.1) is 0 Å². The van der Waals surface area contributed by atoms with Gasteiger partial charge >= 0.3 is 0 Å². The molecule has 0 nitrogen and oxygen atoms in total. The molecule has 0 heterocycles. The Morgan fingerprint density at radius 1 is 0.714 bits per heavy atom. The third kappa shape index (κ3) is 2.52. The summed E-state index contributed by atoms with van der Waals surface area (Å²) in [5.74, 6) is 0.402. The molecule has 28 heavy (non-hydrogen) atoms. The van der Waals surface area contributed by atoms with Crippen molar-refractivity contribution < 1.29 is 0 Å². The van der Waals surface area contributed by atoms with Gasteiger partial charge in [0.15, 0.2) is 0 Å². The third-order valence-corrected chi connectivity index (χ3v) is 6.34. The molecule has 0 aliphatic heterocycles. The van der Waals surface area contributed by atoms with Crippen molar-refractivity contribution in [3.8, 4) is 0 Å². The van der Waals surface area contributed by atoms with Crippen LogP contribution in [-0.4, -0.2) is 0 Å². The summed E-state index contributed by atoms with van der Waals surface area (Å²) in [6.45, 7) is 6.48. The second-order valence-corrected chi connectivity index (χ2v) is 7.98. The SMILES string of the molecule is C=CC(CCCCC)c1ccc2cccc3c4cccc5cccc(c1c23)c54. The Morgan fingerprint density at radius 3 is 2.04 bits per heavy atom. The molecule has 0 saturated heterocycles. The minimum atomic E-state index is 0.402. The number of fused-ring (bicyclic) bond motifs is 2. The average molecular weight is 363 g/mol. The van der Waals surface area contributed by atoms with Crippen LogP contribution in [0.4, 0.5) is 0 Å². The van der Waals surface area contributed by atoms with Crippen LogP contribution in [0.2, 0.25) is 0 Å². The standard InChI is InChI=1S/C28H26/c1-3-5-6-10-19(4-2)22-18-17-21-13-8-15-24-23-14-7-11-20-12-9-16-25(26(20)23)28(22)27(21)24/h4,7-9,11-19H,2-3,5-6,10H2,1H3. The van der Waals surface area contributed by atoms with E-state index in [-0.39, 0.29) is 0 Å². The summed E-state index contributed by atoms with van der Waals surface area (Å²) in [7, 11) is 0. The van der Waals surface area contributed by atoms with Gasteiger partial charge in [-0.05, 0) is 55.1 Å². The van der Waals surface area contributed by atoms with Crippen molar-refractivity contribution in [2.45, 2.75) is 38.5 Å². The Morgan fingerprint density at radius 2 is 1.36 bits per heavy atom. The zero-order valence-corrected chi connectivity index (χ0v) is 16.5. The molecule has 0 saturated carbocycles. The summed E-state index contributed by atoms with van der Waals surface area (Å²) in [6.07, 6.45) is 7.14. The normalized spacial score (nSPS) is 13.0. The van der Waals surface area contributed by atoms with Gasteiger partial charge in [0.25, 0.3) is 0 Å². The average Bonchev–Trinajstić information content (AvgIpc) is 2.75. The molecule has 0 aliphatic carbocycles. The molecule has 1 atom stereocenters. The highest BCUT2D eigenvalue weighted by atomic mass is 14.2. The summed E-state index contributed by atoms with van der Waals surface area (Å²) in [6, 6.07) is 24.9. The van der Waals surface area contributed by atoms with Crippen LogP contribution < -0.4 is 0 Å². The molecule has 0 amide bonds. The first-order valence-electron chi connectivity index (χ1n) is 10.5. The van der Waals surface area contributed by atoms with Crippen molar-refractivity contribution in [2.75, 3.05) is 0 Å². The predicted octanol–water partition coefficient (Wildman–Crippen LogP) is 8.59. The molecule has 5 aromatic carbocycles. The van der Waals surface area contributed by atoms with Crippen molar-refractivity contribution in [3.63, 3.8) is 0 Å². The van der Waals surface area contributed by atoms with Gasteiger partial charge in [-0.1, -0.05) is 99.0 Å². The van der Waals surface area contributed by atoms with Gasteiger partial charge in [0.1, 0.15) is 0 Å². The maximum atomic E-state index is 4.21. The fraction of sp³-hybridized carbons (Fsp3) is 0.214. The molecular weight excluding hydrogens is 336 g/mol. The largest absolute Gasteiger partial charge is 0.102 e. The highest BCUT2D eigenvalue weighted by molar-refractivity contribution is 6.33. The fourth-order valence-electron chi connectivity index (χ4n) is 5.01. The van der Waals surface area contributed by atoms with Crippen LogP contribution >= 0.6 is 0 Å². The van der Waals surface area contributed by atoms with Gasteiger partial charge in [-0.25, -0.2) is 0 Å². The molecule has 0 bridgehead atoms. The molecule has 5 aromatic rings. The van der Waals surface area contributed by atoms with E-state index < -0.39 is 0 Å². The summed E-state index contributed by atoms with van der Waals surface area (Å²) < 4.78 is 0. The fourth-order valence-corrected chi connectivity index (χ4v) is 5.01. The first-order chi connectivity index (χ1) is 13.8. The maximum Gasteiger partial charge on any atom is 0.00216 e. The number of rotatable bonds is 6. The van der Waals surface area contributed by atoms with E-state index >= 15 is 0 Å². The van der Waals surface area contributed by atoms with Gasteiger partial charge in [-0.15, -0.1) is 6.58 Å². The van der Waals surface area contributed by atoms with Crippen molar-refractivity contribution in [1.29, 1.82) is 0 Å². The first-order valence-corrected chi connectivity index (χ1v) is 10.5. The first kappa shape index (κ1) is 17.3. The molecule has 0 radical (unpaired) electrons. The summed E-state index contributed by atoms with van der Waals surface area (Å²) in [5.41, 5.74) is 1.44. The van der Waals surface area contributed by atoms with Crippen LogP contribution in [0.15, 0.2) is 79.4 Å². The van der Waals surface area contributed by atoms with Gasteiger partial charge in [0.2, 0.25) is 0 Å². The molecule has 0 N–H and O–H groups in total. The van der Waals surface area contributed by atoms with Crippen molar-refractivity contribution >= 4 is 43.1 Å². The van der Waals surface area contributed by atoms with Crippen LogP contribution in [0.5, 0.6) is 0 Å². The quantitative estimate of drug-likeness (QED) is 0.123. The third-order valence-electron chi connectivity index (χ3n) is 6.34. The second kappa shape index (κ2) is 6.95. The number of allylic oxidation sites excluding steroid dienone is 1. The molecule has 0 heteroatoms. The number of benzene rings is 5. The molecule has 0 fully saturated rings. The van der Waals surface area contributed by atoms with Gasteiger partial charge < -0.3 is 0 Å². The molecular formula is C28H26. The Labute approximate surface area is 166 Å². The van der Waals surface area contributed by atoms with Gasteiger partial charge in [0, 0.05) is 5.92 Å². The summed E-state index contributed by atoms with van der Waals surface area (Å²) >= 11 is 0. The second-order valence-electron chi connectivity index (χ2n) is 7.98. The molecule has 5 rings (SSSR count). The zero-order chi connectivity index (χ0) is 19.1. The lowest BCUT2D eigenvalue weighted by Gasteiger charge is -2.21. The van der Waals surface area contributed by atoms with Gasteiger partial charge in [-0.3, -0.25) is 0 Å². The number of hydrogen-bond acceptors (Lipinski definition) is 0. The molecule has 0 aromatic heterocycles. The van der Waals surface area contributed by atoms with Crippen LogP contribution in [0.3, 0.4) is 0 Å². The van der Waals surface area contributed by atoms with Crippen LogP contribution in [0.1, 0.15) is 44.1 Å². The lowest BCUT2D eigenvalue weighted by Crippen LogP contribution is -1.98. The van der Waals surface area contributed by atoms with E-state index in [1.807, 2.05) is 0 Å². The molecule has 0 aliphatic rings.